The van der Waals surface area contributed by atoms with Gasteiger partial charge in [-0.1, -0.05) is 100 Å². The average Bonchev–Trinajstić information content (AvgIpc) is 3.43. The molecule has 0 bridgehead atoms. The van der Waals surface area contributed by atoms with Crippen LogP contribution in [0.3, 0.4) is 0 Å². The van der Waals surface area contributed by atoms with Crippen LogP contribution in [0.4, 0.5) is 0 Å². The first-order valence-electron chi connectivity index (χ1n) is 14.8. The maximum absolute atomic E-state index is 10.9. The zero-order valence-electron chi connectivity index (χ0n) is 24.8. The fourth-order valence-electron chi connectivity index (χ4n) is 5.86. The average molecular weight is 552 g/mol. The molecule has 0 aliphatic carbocycles. The van der Waals surface area contributed by atoms with Crippen molar-refractivity contribution in [3.05, 3.63) is 132 Å². The molecule has 0 atom stereocenters. The standard InChI is InChI=1S/C38H37N3O/c1-25(2)31-16-10-17-32(26(3)4)37(31)41-24-30(40-38(41)34-15-7-8-18-35(34)42)20-19-27-11-9-13-29(23-27)36-33-14-6-5-12-28(33)21-22-39-36/h5-18,21-26,42H,19-20H2,1-4H3. The molecule has 1 N–H and O–H groups in total. The molecule has 0 fully saturated rings. The van der Waals surface area contributed by atoms with Gasteiger partial charge in [0.15, 0.2) is 0 Å². The van der Waals surface area contributed by atoms with Crippen LogP contribution in [0.2, 0.25) is 0 Å². The lowest BCUT2D eigenvalue weighted by Gasteiger charge is -2.22. The SMILES string of the molecule is CC(C)c1cccc(C(C)C)c1-n1cc(CCc2cccc(-c3nccc4ccccc34)c2)nc1-c1ccccc1O. The monoisotopic (exact) mass is 551 g/mol. The predicted molar refractivity (Wildman–Crippen MR) is 173 cm³/mol. The zero-order valence-corrected chi connectivity index (χ0v) is 24.8. The lowest BCUT2D eigenvalue weighted by atomic mass is 9.92. The number of pyridine rings is 1. The van der Waals surface area contributed by atoms with Crippen LogP contribution in [-0.2, 0) is 12.8 Å². The summed E-state index contributed by atoms with van der Waals surface area (Å²) >= 11 is 0. The number of hydrogen-bond donors (Lipinski definition) is 1. The third kappa shape index (κ3) is 5.33. The van der Waals surface area contributed by atoms with Crippen molar-refractivity contribution < 1.29 is 5.11 Å². The van der Waals surface area contributed by atoms with Gasteiger partial charge < -0.3 is 5.11 Å². The van der Waals surface area contributed by atoms with Gasteiger partial charge in [0.2, 0.25) is 0 Å². The Morgan fingerprint density at radius 2 is 1.45 bits per heavy atom. The number of para-hydroxylation sites is 2. The summed E-state index contributed by atoms with van der Waals surface area (Å²) in [4.78, 5) is 9.88. The summed E-state index contributed by atoms with van der Waals surface area (Å²) in [5, 5.41) is 13.2. The number of aryl methyl sites for hydroxylation is 2. The first kappa shape index (κ1) is 27.5. The number of phenolic OH excluding ortho intramolecular Hbond substituents is 1. The van der Waals surface area contributed by atoms with Crippen molar-refractivity contribution in [1.29, 1.82) is 0 Å². The van der Waals surface area contributed by atoms with E-state index in [1.54, 1.807) is 6.07 Å². The second kappa shape index (κ2) is 11.7. The van der Waals surface area contributed by atoms with Crippen molar-refractivity contribution in [3.8, 4) is 34.1 Å². The summed E-state index contributed by atoms with van der Waals surface area (Å²) in [6.07, 6.45) is 5.68. The van der Waals surface area contributed by atoms with E-state index in [9.17, 15) is 5.11 Å². The smallest absolute Gasteiger partial charge is 0.148 e. The molecule has 0 amide bonds. The highest BCUT2D eigenvalue weighted by Crippen LogP contribution is 2.37. The zero-order chi connectivity index (χ0) is 29.2. The number of imidazole rings is 1. The van der Waals surface area contributed by atoms with Crippen molar-refractivity contribution in [3.63, 3.8) is 0 Å². The Hall–Kier alpha value is -4.70. The molecule has 4 heteroatoms. The van der Waals surface area contributed by atoms with E-state index in [-0.39, 0.29) is 5.75 Å². The first-order chi connectivity index (χ1) is 20.4. The number of rotatable bonds is 8. The summed E-state index contributed by atoms with van der Waals surface area (Å²) in [7, 11) is 0. The molecule has 4 aromatic carbocycles. The second-order valence-corrected chi connectivity index (χ2v) is 11.6. The molecular formula is C38H37N3O. The number of aromatic hydroxyl groups is 1. The Bertz CT molecular complexity index is 1830. The third-order valence-electron chi connectivity index (χ3n) is 8.03. The maximum atomic E-state index is 10.9. The number of phenols is 1. The Labute approximate surface area is 248 Å². The highest BCUT2D eigenvalue weighted by atomic mass is 16.3. The molecule has 0 spiro atoms. The summed E-state index contributed by atoms with van der Waals surface area (Å²) in [6, 6.07) is 33.2. The van der Waals surface area contributed by atoms with Crippen LogP contribution >= 0.6 is 0 Å². The lowest BCUT2D eigenvalue weighted by molar-refractivity contribution is 0.477. The number of hydrogen-bond acceptors (Lipinski definition) is 3. The fraction of sp³-hybridized carbons (Fsp3) is 0.211. The molecule has 0 unspecified atom stereocenters. The van der Waals surface area contributed by atoms with Crippen LogP contribution in [0, 0.1) is 0 Å². The highest BCUT2D eigenvalue weighted by molar-refractivity contribution is 5.94. The van der Waals surface area contributed by atoms with Gasteiger partial charge in [0, 0.05) is 23.3 Å². The third-order valence-corrected chi connectivity index (χ3v) is 8.03. The molecule has 0 aliphatic rings. The number of nitrogens with zero attached hydrogens (tertiary/aromatic N) is 3. The summed E-state index contributed by atoms with van der Waals surface area (Å²) < 4.78 is 2.21. The molecule has 210 valence electrons. The van der Waals surface area contributed by atoms with E-state index in [0.717, 1.165) is 46.6 Å². The van der Waals surface area contributed by atoms with E-state index < -0.39 is 0 Å². The summed E-state index contributed by atoms with van der Waals surface area (Å²) in [5.74, 6) is 1.69. The van der Waals surface area contributed by atoms with Gasteiger partial charge in [0.1, 0.15) is 11.6 Å². The van der Waals surface area contributed by atoms with Crippen molar-refractivity contribution in [2.24, 2.45) is 0 Å². The summed E-state index contributed by atoms with van der Waals surface area (Å²) in [6.45, 7) is 8.94. The summed E-state index contributed by atoms with van der Waals surface area (Å²) in [5.41, 5.74) is 8.82. The van der Waals surface area contributed by atoms with Gasteiger partial charge in [-0.15, -0.1) is 0 Å². The quantitative estimate of drug-likeness (QED) is 0.205. The fourth-order valence-corrected chi connectivity index (χ4v) is 5.86. The lowest BCUT2D eigenvalue weighted by Crippen LogP contribution is -2.07. The highest BCUT2D eigenvalue weighted by Gasteiger charge is 2.21. The molecule has 6 aromatic rings. The molecule has 0 radical (unpaired) electrons. The molecule has 0 aliphatic heterocycles. The predicted octanol–water partition coefficient (Wildman–Crippen LogP) is 9.49. The normalized spacial score (nSPS) is 11.6. The minimum absolute atomic E-state index is 0.235. The minimum atomic E-state index is 0.235. The topological polar surface area (TPSA) is 50.9 Å². The Balaban J connectivity index is 1.39. The van der Waals surface area contributed by atoms with Gasteiger partial charge in [0.25, 0.3) is 0 Å². The van der Waals surface area contributed by atoms with Crippen molar-refractivity contribution in [2.75, 3.05) is 0 Å². The molecular weight excluding hydrogens is 514 g/mol. The van der Waals surface area contributed by atoms with Gasteiger partial charge >= 0.3 is 0 Å². The van der Waals surface area contributed by atoms with Crippen LogP contribution in [0.5, 0.6) is 5.75 Å². The second-order valence-electron chi connectivity index (χ2n) is 11.6. The van der Waals surface area contributed by atoms with Gasteiger partial charge in [-0.05, 0) is 71.0 Å². The molecule has 2 aromatic heterocycles. The molecule has 0 saturated heterocycles. The van der Waals surface area contributed by atoms with E-state index in [1.165, 1.54) is 27.8 Å². The van der Waals surface area contributed by atoms with Crippen LogP contribution in [-0.4, -0.2) is 19.6 Å². The molecule has 6 rings (SSSR count). The van der Waals surface area contributed by atoms with Crippen molar-refractivity contribution in [1.82, 2.24) is 14.5 Å². The number of fused-ring (bicyclic) bond motifs is 1. The molecule has 4 nitrogen and oxygen atoms in total. The first-order valence-corrected chi connectivity index (χ1v) is 14.8. The van der Waals surface area contributed by atoms with E-state index in [4.69, 9.17) is 9.97 Å². The van der Waals surface area contributed by atoms with Crippen LogP contribution in [0.15, 0.2) is 109 Å². The van der Waals surface area contributed by atoms with Crippen molar-refractivity contribution >= 4 is 10.8 Å². The van der Waals surface area contributed by atoms with Gasteiger partial charge in [-0.25, -0.2) is 4.98 Å². The van der Waals surface area contributed by atoms with Crippen molar-refractivity contribution in [2.45, 2.75) is 52.4 Å². The Morgan fingerprint density at radius 3 is 2.21 bits per heavy atom. The molecule has 0 saturated carbocycles. The maximum Gasteiger partial charge on any atom is 0.148 e. The van der Waals surface area contributed by atoms with Crippen LogP contribution in [0.25, 0.3) is 39.1 Å². The van der Waals surface area contributed by atoms with Gasteiger partial charge in [-0.3, -0.25) is 9.55 Å². The van der Waals surface area contributed by atoms with E-state index in [2.05, 4.69) is 111 Å². The molecule has 2 heterocycles. The van der Waals surface area contributed by atoms with Crippen LogP contribution in [0.1, 0.15) is 61.9 Å². The Morgan fingerprint density at radius 1 is 0.738 bits per heavy atom. The minimum Gasteiger partial charge on any atom is -0.507 e. The van der Waals surface area contributed by atoms with Gasteiger partial charge in [0.05, 0.1) is 22.6 Å². The largest absolute Gasteiger partial charge is 0.507 e. The number of aromatic nitrogens is 3. The molecule has 42 heavy (non-hydrogen) atoms. The van der Waals surface area contributed by atoms with Gasteiger partial charge in [-0.2, -0.15) is 0 Å². The van der Waals surface area contributed by atoms with E-state index in [0.29, 0.717) is 11.8 Å². The van der Waals surface area contributed by atoms with Crippen LogP contribution < -0.4 is 0 Å². The Kier molecular flexibility index (Phi) is 7.62. The van der Waals surface area contributed by atoms with E-state index >= 15 is 0 Å². The number of benzene rings is 4. The van der Waals surface area contributed by atoms with E-state index in [1.807, 2.05) is 24.4 Å².